The second kappa shape index (κ2) is 22.1. The van der Waals surface area contributed by atoms with E-state index in [1.807, 2.05) is 0 Å². The molecule has 15 atom stereocenters. The maximum Gasteiger partial charge on any atom is 0.472 e. The number of aryl methyl sites for hydroxylation is 1. The standard InChI is InChI=1S/C38H50N13O22P3/c1-17-10-50(38(57)47-35(17)54)30-9-21(73-74(58,59)64-12-23-18(53)6-28(68-23)48-4-2-26(39)45-36(48)55)25(70-30)14-66-76(62,63)72-20-8-29(49-5-3-27(40)46-37(49)56)69-24(20)13-65-75(60,61)71-19-7-31(67-22(19)11-52)51-16-44-32-33(41)42-15-43-34(32)51/h2-5,10,15-16,18-25,28-31,52-53H,6-9,11-14H2,1H3,(H,58,59)(H,60,61)(H,62,63)(H2,39,45,55)(H2,40,46,56)(H2,41,42,43)(H,47,54,57)/t18-,19-,20-,21-,22+,23+,24+,25+,28+,29+,30+,31+/m0/s1. The molecule has 5 aromatic heterocycles. The van der Waals surface area contributed by atoms with Crippen LogP contribution in [0.15, 0.2) is 62.6 Å². The van der Waals surface area contributed by atoms with Crippen LogP contribution in [0.4, 0.5) is 17.5 Å². The van der Waals surface area contributed by atoms with Gasteiger partial charge in [-0.25, -0.2) is 43.0 Å². The van der Waals surface area contributed by atoms with E-state index in [2.05, 4.69) is 29.9 Å². The van der Waals surface area contributed by atoms with Crippen LogP contribution < -0.4 is 39.8 Å². The number of phosphoric ester groups is 3. The van der Waals surface area contributed by atoms with Gasteiger partial charge in [0.05, 0.1) is 38.9 Å². The fourth-order valence-corrected chi connectivity index (χ4v) is 11.6. The number of ether oxygens (including phenoxy) is 4. The first kappa shape index (κ1) is 55.2. The number of H-pyrrole nitrogens is 1. The van der Waals surface area contributed by atoms with E-state index >= 15 is 0 Å². The summed E-state index contributed by atoms with van der Waals surface area (Å²) in [6, 6.07) is 2.57. The number of aromatic nitrogens is 10. The number of nitrogens with one attached hydrogen (secondary N) is 1. The van der Waals surface area contributed by atoms with Crippen LogP contribution in [0.3, 0.4) is 0 Å². The van der Waals surface area contributed by atoms with Crippen LogP contribution in [-0.4, -0.2) is 148 Å². The van der Waals surface area contributed by atoms with Crippen LogP contribution in [0.5, 0.6) is 0 Å². The smallest absolute Gasteiger partial charge is 0.394 e. The van der Waals surface area contributed by atoms with Gasteiger partial charge in [0.2, 0.25) is 0 Å². The summed E-state index contributed by atoms with van der Waals surface area (Å²) in [5.41, 5.74) is 14.3. The van der Waals surface area contributed by atoms with Crippen LogP contribution in [0.2, 0.25) is 0 Å². The molecule has 9 rings (SSSR count). The molecule has 76 heavy (non-hydrogen) atoms. The van der Waals surface area contributed by atoms with E-state index in [-0.39, 0.29) is 47.0 Å². The van der Waals surface area contributed by atoms with Gasteiger partial charge < -0.3 is 61.0 Å². The van der Waals surface area contributed by atoms with Gasteiger partial charge in [-0.2, -0.15) is 9.97 Å². The van der Waals surface area contributed by atoms with Crippen molar-refractivity contribution >= 4 is 52.1 Å². The van der Waals surface area contributed by atoms with Crippen molar-refractivity contribution in [3.63, 3.8) is 0 Å². The summed E-state index contributed by atoms with van der Waals surface area (Å²) in [7, 11) is -15.7. The Kier molecular flexibility index (Phi) is 16.0. The molecule has 0 spiro atoms. The maximum atomic E-state index is 13.8. The van der Waals surface area contributed by atoms with Gasteiger partial charge in [-0.05, 0) is 19.1 Å². The number of nitrogens with two attached hydrogens (primary N) is 3. The van der Waals surface area contributed by atoms with Gasteiger partial charge >= 0.3 is 40.5 Å². The molecule has 12 N–H and O–H groups in total. The summed E-state index contributed by atoms with van der Waals surface area (Å²) >= 11 is 0. The number of aromatic amines is 1. The summed E-state index contributed by atoms with van der Waals surface area (Å²) in [6.07, 6.45) is -11.0. The monoisotopic (exact) mass is 1130 g/mol. The largest absolute Gasteiger partial charge is 0.472 e. The van der Waals surface area contributed by atoms with E-state index in [1.54, 1.807) is 0 Å². The zero-order chi connectivity index (χ0) is 54.4. The number of phosphoric acid groups is 3. The molecule has 0 radical (unpaired) electrons. The number of rotatable bonds is 20. The molecule has 35 nitrogen and oxygen atoms in total. The predicted molar refractivity (Wildman–Crippen MR) is 251 cm³/mol. The van der Waals surface area contributed by atoms with E-state index in [0.717, 1.165) is 19.9 Å². The highest BCUT2D eigenvalue weighted by atomic mass is 31.2. The Bertz CT molecular complexity index is 3340. The van der Waals surface area contributed by atoms with Crippen LogP contribution >= 0.6 is 23.5 Å². The topological polar surface area (TPSA) is 491 Å². The van der Waals surface area contributed by atoms with Gasteiger partial charge in [-0.15, -0.1) is 0 Å². The summed E-state index contributed by atoms with van der Waals surface area (Å²) in [5, 5.41) is 20.8. The quantitative estimate of drug-likeness (QED) is 0.0379. The first-order valence-electron chi connectivity index (χ1n) is 22.8. The lowest BCUT2D eigenvalue weighted by Crippen LogP contribution is -2.33. The Balaban J connectivity index is 0.875. The first-order chi connectivity index (χ1) is 35.9. The molecule has 0 aliphatic carbocycles. The molecule has 4 fully saturated rings. The normalized spacial score (nSPS) is 30.1. The molecule has 0 saturated carbocycles. The molecule has 5 aromatic rings. The molecule has 0 aromatic carbocycles. The Morgan fingerprint density at radius 2 is 1.12 bits per heavy atom. The number of nitrogen functional groups attached to an aromatic ring is 3. The molecule has 0 bridgehead atoms. The third kappa shape index (κ3) is 12.4. The number of hydrogen-bond donors (Lipinski definition) is 9. The second-order valence-corrected chi connectivity index (χ2v) is 21.8. The van der Waals surface area contributed by atoms with Gasteiger partial charge in [0.25, 0.3) is 5.56 Å². The number of anilines is 3. The average molecular weight is 1130 g/mol. The van der Waals surface area contributed by atoms with Crippen molar-refractivity contribution in [2.24, 2.45) is 0 Å². The van der Waals surface area contributed by atoms with Crippen molar-refractivity contribution in [2.75, 3.05) is 43.6 Å². The Morgan fingerprint density at radius 1 is 0.658 bits per heavy atom. The first-order valence-corrected chi connectivity index (χ1v) is 27.3. The van der Waals surface area contributed by atoms with Crippen molar-refractivity contribution in [1.29, 1.82) is 0 Å². The number of imidazole rings is 1. The highest BCUT2D eigenvalue weighted by molar-refractivity contribution is 7.48. The van der Waals surface area contributed by atoms with Crippen LogP contribution in [0.25, 0.3) is 11.2 Å². The number of hydrogen-bond acceptors (Lipinski definition) is 27. The Hall–Kier alpha value is -5.52. The van der Waals surface area contributed by atoms with Gasteiger partial charge in [0, 0.05) is 49.8 Å². The lowest BCUT2D eigenvalue weighted by molar-refractivity contribution is -0.0638. The van der Waals surface area contributed by atoms with Crippen molar-refractivity contribution < 1.29 is 84.7 Å². The van der Waals surface area contributed by atoms with Crippen LogP contribution in [0.1, 0.15) is 56.2 Å². The lowest BCUT2D eigenvalue weighted by atomic mass is 10.2. The number of nitrogens with zero attached hydrogens (tertiary/aromatic N) is 9. The molecule has 4 aliphatic rings. The minimum Gasteiger partial charge on any atom is -0.394 e. The minimum atomic E-state index is -5.37. The fraction of sp³-hybridized carbons (Fsp3) is 0.553. The average Bonchev–Trinajstić information content (AvgIpc) is 4.21. The summed E-state index contributed by atoms with van der Waals surface area (Å²) in [6.45, 7) is -1.93. The summed E-state index contributed by atoms with van der Waals surface area (Å²) < 4.78 is 101. The highest BCUT2D eigenvalue weighted by Gasteiger charge is 2.48. The molecular weight excluding hydrogens is 1080 g/mol. The highest BCUT2D eigenvalue weighted by Crippen LogP contribution is 2.53. The maximum absolute atomic E-state index is 13.8. The van der Waals surface area contributed by atoms with Gasteiger partial charge in [-0.1, -0.05) is 0 Å². The fourth-order valence-electron chi connectivity index (χ4n) is 8.72. The zero-order valence-corrected chi connectivity index (χ0v) is 42.1. The Morgan fingerprint density at radius 3 is 1.64 bits per heavy atom. The van der Waals surface area contributed by atoms with Crippen molar-refractivity contribution in [2.45, 2.75) is 106 Å². The molecule has 414 valence electrons. The van der Waals surface area contributed by atoms with Gasteiger partial charge in [0.15, 0.2) is 11.5 Å². The summed E-state index contributed by atoms with van der Waals surface area (Å²) in [4.78, 5) is 105. The predicted octanol–water partition coefficient (Wildman–Crippen LogP) is -2.04. The number of aliphatic hydroxyl groups excluding tert-OH is 2. The molecule has 3 unspecified atom stereocenters. The van der Waals surface area contributed by atoms with Crippen LogP contribution in [0, 0.1) is 6.92 Å². The zero-order valence-electron chi connectivity index (χ0n) is 39.4. The van der Waals surface area contributed by atoms with Crippen molar-refractivity contribution in [3.8, 4) is 0 Å². The van der Waals surface area contributed by atoms with E-state index < -0.39 is 159 Å². The molecule has 4 saturated heterocycles. The minimum absolute atomic E-state index is 0.0594. The third-order valence-electron chi connectivity index (χ3n) is 12.4. The molecule has 9 heterocycles. The summed E-state index contributed by atoms with van der Waals surface area (Å²) in [5.74, 6) is -0.132. The molecular formula is C38H50N13O22P3. The van der Waals surface area contributed by atoms with Crippen LogP contribution in [-0.2, 0) is 59.8 Å². The molecule has 0 amide bonds. The van der Waals surface area contributed by atoms with Crippen molar-refractivity contribution in [1.82, 2.24) is 48.2 Å². The third-order valence-corrected chi connectivity index (χ3v) is 15.5. The van der Waals surface area contributed by atoms with Gasteiger partial charge in [0.1, 0.15) is 91.1 Å². The number of fused-ring (bicyclic) bond motifs is 1. The van der Waals surface area contributed by atoms with E-state index in [4.69, 9.17) is 63.3 Å². The van der Waals surface area contributed by atoms with E-state index in [9.17, 15) is 57.8 Å². The Labute approximate surface area is 424 Å². The van der Waals surface area contributed by atoms with Crippen molar-refractivity contribution in [3.05, 3.63) is 90.7 Å². The van der Waals surface area contributed by atoms with E-state index in [1.165, 1.54) is 48.7 Å². The lowest BCUT2D eigenvalue weighted by Gasteiger charge is -2.25. The molecule has 38 heteroatoms. The number of aliphatic hydroxyl groups is 2. The second-order valence-electron chi connectivity index (χ2n) is 17.6. The molecule has 4 aliphatic heterocycles. The van der Waals surface area contributed by atoms with Gasteiger partial charge in [-0.3, -0.25) is 55.2 Å². The van der Waals surface area contributed by atoms with E-state index in [0.29, 0.717) is 0 Å². The SMILES string of the molecule is Cc1cn([C@H]2C[C@H](OP(=O)(O)OC[C@H]3O[C@@H](n4ccc(N)nc4=O)C[C@@H]3O)[C@@H](COP(=O)(O)O[C@H]3C[C@H](n4ccc(N)nc4=O)O[C@@H]3COP(=O)(O)O[C@H]3C[C@H](n4cnc5c(N)ncnc54)O[C@@H]3CO)O2)c(=O)[nH]c1=O.